The molecule has 0 unspecified atom stereocenters. The molecule has 1 fully saturated rings. The minimum absolute atomic E-state index is 0.482. The quantitative estimate of drug-likeness (QED) is 0.448. The smallest absolute Gasteiger partial charge is 0.181 e. The molecule has 1 saturated heterocycles. The predicted molar refractivity (Wildman–Crippen MR) is 117 cm³/mol. The van der Waals surface area contributed by atoms with Crippen LogP contribution >= 0.6 is 11.6 Å². The van der Waals surface area contributed by atoms with Crippen LogP contribution in [0.3, 0.4) is 0 Å². The van der Waals surface area contributed by atoms with Crippen LogP contribution in [0.2, 0.25) is 5.02 Å². The number of rotatable bonds is 4. The number of ether oxygens (including phenoxy) is 1. The number of hydrogen-bond donors (Lipinski definition) is 3. The van der Waals surface area contributed by atoms with Crippen molar-refractivity contribution in [2.75, 3.05) is 5.32 Å². The number of nitrogens with zero attached hydrogens (tertiary/aromatic N) is 4. The van der Waals surface area contributed by atoms with Crippen molar-refractivity contribution in [3.63, 3.8) is 0 Å². The average molecular weight is 438 g/mol. The lowest BCUT2D eigenvalue weighted by molar-refractivity contribution is -0.0370. The first-order chi connectivity index (χ1) is 15.0. The Hall–Kier alpha value is -3.04. The van der Waals surface area contributed by atoms with Gasteiger partial charge in [-0.05, 0) is 31.2 Å². The van der Waals surface area contributed by atoms with Crippen LogP contribution in [0.1, 0.15) is 13.2 Å². The summed E-state index contributed by atoms with van der Waals surface area (Å²) in [7, 11) is 0. The largest absolute Gasteiger partial charge is 0.388 e. The van der Waals surface area contributed by atoms with Crippen molar-refractivity contribution in [1.29, 1.82) is 0 Å². The van der Waals surface area contributed by atoms with Gasteiger partial charge in [-0.3, -0.25) is 0 Å². The highest BCUT2D eigenvalue weighted by Gasteiger charge is 2.43. The molecule has 1 aliphatic rings. The van der Waals surface area contributed by atoms with Crippen LogP contribution in [0.4, 0.5) is 11.5 Å². The second kappa shape index (κ2) is 7.90. The van der Waals surface area contributed by atoms with Crippen LogP contribution in [0, 0.1) is 0 Å². The number of aliphatic hydroxyl groups excluding tert-OH is 2. The Labute approximate surface area is 183 Å². The van der Waals surface area contributed by atoms with Gasteiger partial charge in [-0.2, -0.15) is 5.10 Å². The van der Waals surface area contributed by atoms with E-state index in [0.29, 0.717) is 27.6 Å². The Kier molecular flexibility index (Phi) is 5.07. The summed E-state index contributed by atoms with van der Waals surface area (Å²) in [6.45, 7) is 1.71. The molecule has 0 aliphatic carbocycles. The summed E-state index contributed by atoms with van der Waals surface area (Å²) < 4.78 is 7.32. The van der Waals surface area contributed by atoms with Crippen molar-refractivity contribution in [1.82, 2.24) is 19.7 Å². The number of halogens is 1. The molecule has 0 bridgehead atoms. The molecule has 0 saturated carbocycles. The highest BCUT2D eigenvalue weighted by molar-refractivity contribution is 6.30. The fourth-order valence-corrected chi connectivity index (χ4v) is 3.87. The third-order valence-electron chi connectivity index (χ3n) is 5.36. The molecule has 158 valence electrons. The van der Waals surface area contributed by atoms with Crippen LogP contribution in [-0.2, 0) is 4.74 Å². The summed E-state index contributed by atoms with van der Waals surface area (Å²) in [6, 6.07) is 16.9. The lowest BCUT2D eigenvalue weighted by Crippen LogP contribution is -2.30. The van der Waals surface area contributed by atoms with Crippen molar-refractivity contribution < 1.29 is 14.9 Å². The van der Waals surface area contributed by atoms with E-state index in [1.54, 1.807) is 19.1 Å². The van der Waals surface area contributed by atoms with Crippen molar-refractivity contribution >= 4 is 34.1 Å². The normalized spacial score (nSPS) is 23.4. The molecular weight excluding hydrogens is 418 g/mol. The number of hydrogen-bond acceptors (Lipinski definition) is 7. The maximum absolute atomic E-state index is 10.5. The summed E-state index contributed by atoms with van der Waals surface area (Å²) in [5, 5.41) is 30.1. The van der Waals surface area contributed by atoms with Crippen LogP contribution in [-0.4, -0.2) is 48.3 Å². The molecule has 1 aliphatic heterocycles. The minimum atomic E-state index is -1.13. The molecule has 4 atom stereocenters. The molecule has 31 heavy (non-hydrogen) atoms. The lowest BCUT2D eigenvalue weighted by atomic mass is 10.1. The third-order valence-corrected chi connectivity index (χ3v) is 5.61. The van der Waals surface area contributed by atoms with Crippen LogP contribution in [0.25, 0.3) is 22.3 Å². The Morgan fingerprint density at radius 2 is 1.74 bits per heavy atom. The molecular formula is C22H20ClN5O3. The van der Waals surface area contributed by atoms with Crippen molar-refractivity contribution in [3.8, 4) is 11.3 Å². The summed E-state index contributed by atoms with van der Waals surface area (Å²) in [4.78, 5) is 8.87. The molecule has 0 spiro atoms. The molecule has 4 aromatic rings. The number of anilines is 2. The molecule has 8 nitrogen and oxygen atoms in total. The fraction of sp³-hybridized carbons (Fsp3) is 0.227. The molecule has 5 rings (SSSR count). The Morgan fingerprint density at radius 3 is 2.42 bits per heavy atom. The van der Waals surface area contributed by atoms with E-state index in [0.717, 1.165) is 11.3 Å². The van der Waals surface area contributed by atoms with E-state index in [-0.39, 0.29) is 0 Å². The molecule has 3 N–H and O–H groups in total. The van der Waals surface area contributed by atoms with E-state index in [2.05, 4.69) is 15.3 Å². The second-order valence-corrected chi connectivity index (χ2v) is 7.86. The highest BCUT2D eigenvalue weighted by Crippen LogP contribution is 2.37. The number of benzene rings is 2. The number of aromatic nitrogens is 4. The van der Waals surface area contributed by atoms with Gasteiger partial charge in [0.15, 0.2) is 11.9 Å². The maximum Gasteiger partial charge on any atom is 0.181 e. The third kappa shape index (κ3) is 3.53. The summed E-state index contributed by atoms with van der Waals surface area (Å²) >= 11 is 6.00. The topological polar surface area (TPSA) is 105 Å². The van der Waals surface area contributed by atoms with Crippen LogP contribution < -0.4 is 5.32 Å². The summed E-state index contributed by atoms with van der Waals surface area (Å²) in [5.74, 6) is 0.554. The van der Waals surface area contributed by atoms with Gasteiger partial charge in [0.2, 0.25) is 0 Å². The first-order valence-corrected chi connectivity index (χ1v) is 10.2. The van der Waals surface area contributed by atoms with Gasteiger partial charge in [-0.25, -0.2) is 14.6 Å². The van der Waals surface area contributed by atoms with Gasteiger partial charge in [0, 0.05) is 16.3 Å². The summed E-state index contributed by atoms with van der Waals surface area (Å²) in [5.41, 5.74) is 2.78. The summed E-state index contributed by atoms with van der Waals surface area (Å²) in [6.07, 6.45) is -2.13. The zero-order valence-electron chi connectivity index (χ0n) is 16.6. The second-order valence-electron chi connectivity index (χ2n) is 7.42. The Balaban J connectivity index is 1.69. The van der Waals surface area contributed by atoms with Crippen molar-refractivity contribution in [2.24, 2.45) is 0 Å². The molecule has 0 amide bonds. The van der Waals surface area contributed by atoms with Gasteiger partial charge in [0.05, 0.1) is 11.5 Å². The van der Waals surface area contributed by atoms with Gasteiger partial charge >= 0.3 is 0 Å². The van der Waals surface area contributed by atoms with Gasteiger partial charge in [-0.1, -0.05) is 41.9 Å². The zero-order chi connectivity index (χ0) is 21.5. The Bertz CT molecular complexity index is 1220. The van der Waals surface area contributed by atoms with E-state index >= 15 is 0 Å². The van der Waals surface area contributed by atoms with E-state index < -0.39 is 24.5 Å². The van der Waals surface area contributed by atoms with Gasteiger partial charge in [0.25, 0.3) is 0 Å². The minimum Gasteiger partial charge on any atom is -0.388 e. The predicted octanol–water partition coefficient (Wildman–Crippen LogP) is 3.53. The fourth-order valence-electron chi connectivity index (χ4n) is 3.74. The van der Waals surface area contributed by atoms with E-state index in [9.17, 15) is 10.2 Å². The van der Waals surface area contributed by atoms with Gasteiger partial charge in [0.1, 0.15) is 30.0 Å². The number of nitrogens with one attached hydrogen (secondary N) is 1. The molecule has 3 heterocycles. The Morgan fingerprint density at radius 1 is 1.00 bits per heavy atom. The average Bonchev–Trinajstić information content (AvgIpc) is 3.30. The van der Waals surface area contributed by atoms with Crippen LogP contribution in [0.5, 0.6) is 0 Å². The van der Waals surface area contributed by atoms with E-state index in [4.69, 9.17) is 21.4 Å². The molecule has 0 radical (unpaired) electrons. The SMILES string of the molecule is C[C@H]1O[C@@H](n2nc(-c3ccccc3)c3c(Nc4ccc(Cl)cc4)ncnc32)[C@@H](O)[C@H]1O. The van der Waals surface area contributed by atoms with Gasteiger partial charge in [-0.15, -0.1) is 0 Å². The van der Waals surface area contributed by atoms with Crippen LogP contribution in [0.15, 0.2) is 60.9 Å². The number of fused-ring (bicyclic) bond motifs is 1. The first-order valence-electron chi connectivity index (χ1n) is 9.86. The standard InChI is InChI=1S/C22H20ClN5O3/c1-12-18(29)19(30)22(31-12)28-21-16(17(27-28)13-5-3-2-4-6-13)20(24-11-25-21)26-15-9-7-14(23)8-10-15/h2-12,18-19,22,29-30H,1H3,(H,24,25,26)/t12-,18+,19+,22-/m1/s1. The first kappa shape index (κ1) is 19.9. The molecule has 2 aromatic carbocycles. The van der Waals surface area contributed by atoms with Gasteiger partial charge < -0.3 is 20.3 Å². The van der Waals surface area contributed by atoms with E-state index in [1.165, 1.54) is 11.0 Å². The zero-order valence-corrected chi connectivity index (χ0v) is 17.3. The van der Waals surface area contributed by atoms with E-state index in [1.807, 2.05) is 42.5 Å². The van der Waals surface area contributed by atoms with Crippen molar-refractivity contribution in [3.05, 3.63) is 65.9 Å². The molecule has 9 heteroatoms. The monoisotopic (exact) mass is 437 g/mol. The maximum atomic E-state index is 10.5. The van der Waals surface area contributed by atoms with Crippen molar-refractivity contribution in [2.45, 2.75) is 31.5 Å². The molecule has 2 aromatic heterocycles. The number of aliphatic hydroxyl groups is 2. The lowest BCUT2D eigenvalue weighted by Gasteiger charge is -2.15. The highest BCUT2D eigenvalue weighted by atomic mass is 35.5.